The standard InChI is InChI=1S/C22H27N5O2/c1-3-29-19-11-5-4-9-17(19)14-23-21(28)18-10-7-13-26(15-18)22-25-24-20-12-6-8-16(2)27(20)22/h4-6,8-9,11-12,18H,3,7,10,13-15H2,1-2H3,(H,23,28)/t18-/m1/s1. The van der Waals surface area contributed by atoms with Crippen LogP contribution in [0.15, 0.2) is 42.5 Å². The summed E-state index contributed by atoms with van der Waals surface area (Å²) in [6.07, 6.45) is 1.83. The van der Waals surface area contributed by atoms with E-state index in [1.807, 2.05) is 56.3 Å². The molecule has 1 aliphatic rings. The fraction of sp³-hybridized carbons (Fsp3) is 0.409. The van der Waals surface area contributed by atoms with Gasteiger partial charge < -0.3 is 15.0 Å². The molecule has 0 bridgehead atoms. The second-order valence-corrected chi connectivity index (χ2v) is 7.40. The van der Waals surface area contributed by atoms with Crippen molar-refractivity contribution in [1.29, 1.82) is 0 Å². The Kier molecular flexibility index (Phi) is 5.64. The number of anilines is 1. The molecule has 152 valence electrons. The van der Waals surface area contributed by atoms with Crippen molar-refractivity contribution in [2.24, 2.45) is 5.92 Å². The number of piperidine rings is 1. The van der Waals surface area contributed by atoms with E-state index in [4.69, 9.17) is 4.74 Å². The first-order valence-electron chi connectivity index (χ1n) is 10.2. The fourth-order valence-corrected chi connectivity index (χ4v) is 3.93. The number of nitrogens with one attached hydrogen (secondary N) is 1. The molecule has 1 saturated heterocycles. The molecule has 3 aromatic rings. The SMILES string of the molecule is CCOc1ccccc1CNC(=O)[C@@H]1CCCN(c2nnc3cccc(C)n23)C1. The number of nitrogens with zero attached hydrogens (tertiary/aromatic N) is 4. The number of benzene rings is 1. The first-order valence-corrected chi connectivity index (χ1v) is 10.2. The maximum absolute atomic E-state index is 12.9. The lowest BCUT2D eigenvalue weighted by Crippen LogP contribution is -2.43. The third kappa shape index (κ3) is 4.04. The molecule has 1 amide bonds. The van der Waals surface area contributed by atoms with Crippen LogP contribution in [0.2, 0.25) is 0 Å². The smallest absolute Gasteiger partial charge is 0.231 e. The summed E-state index contributed by atoms with van der Waals surface area (Å²) < 4.78 is 7.71. The van der Waals surface area contributed by atoms with Crippen molar-refractivity contribution in [3.05, 3.63) is 53.7 Å². The van der Waals surface area contributed by atoms with Crippen LogP contribution in [0, 0.1) is 12.8 Å². The number of rotatable bonds is 6. The first-order chi connectivity index (χ1) is 14.2. The maximum Gasteiger partial charge on any atom is 0.231 e. The number of pyridine rings is 1. The van der Waals surface area contributed by atoms with Crippen LogP contribution in [0.1, 0.15) is 31.0 Å². The van der Waals surface area contributed by atoms with Gasteiger partial charge in [-0.25, -0.2) is 0 Å². The predicted molar refractivity (Wildman–Crippen MR) is 112 cm³/mol. The highest BCUT2D eigenvalue weighted by atomic mass is 16.5. The third-order valence-electron chi connectivity index (χ3n) is 5.41. The van der Waals surface area contributed by atoms with Crippen molar-refractivity contribution in [2.45, 2.75) is 33.2 Å². The van der Waals surface area contributed by atoms with E-state index in [0.29, 0.717) is 19.7 Å². The molecule has 7 heteroatoms. The average molecular weight is 393 g/mol. The number of aromatic nitrogens is 3. The first kappa shape index (κ1) is 19.2. The second-order valence-electron chi connectivity index (χ2n) is 7.40. The molecule has 1 aliphatic heterocycles. The zero-order chi connectivity index (χ0) is 20.2. The van der Waals surface area contributed by atoms with Crippen LogP contribution in [0.4, 0.5) is 5.95 Å². The van der Waals surface area contributed by atoms with Gasteiger partial charge in [0.1, 0.15) is 5.75 Å². The molecule has 1 fully saturated rings. The van der Waals surface area contributed by atoms with Gasteiger partial charge in [0.25, 0.3) is 0 Å². The van der Waals surface area contributed by atoms with E-state index in [0.717, 1.165) is 48.0 Å². The van der Waals surface area contributed by atoms with Crippen LogP contribution >= 0.6 is 0 Å². The molecule has 0 spiro atoms. The number of carbonyl (C=O) groups is 1. The highest BCUT2D eigenvalue weighted by molar-refractivity contribution is 5.79. The van der Waals surface area contributed by atoms with Crippen LogP contribution in [-0.4, -0.2) is 40.2 Å². The zero-order valence-corrected chi connectivity index (χ0v) is 17.0. The monoisotopic (exact) mass is 393 g/mol. The molecule has 0 aliphatic carbocycles. The maximum atomic E-state index is 12.9. The Hall–Kier alpha value is -3.09. The number of amides is 1. The molecular weight excluding hydrogens is 366 g/mol. The zero-order valence-electron chi connectivity index (χ0n) is 17.0. The number of hydrogen-bond acceptors (Lipinski definition) is 5. The summed E-state index contributed by atoms with van der Waals surface area (Å²) in [6.45, 7) is 6.61. The molecule has 2 aromatic heterocycles. The van der Waals surface area contributed by atoms with Crippen LogP contribution in [0.25, 0.3) is 5.65 Å². The Morgan fingerprint density at radius 2 is 2.07 bits per heavy atom. The van der Waals surface area contributed by atoms with E-state index in [1.165, 1.54) is 0 Å². The average Bonchev–Trinajstić information content (AvgIpc) is 3.19. The number of para-hydroxylation sites is 1. The van der Waals surface area contributed by atoms with Crippen molar-refractivity contribution < 1.29 is 9.53 Å². The predicted octanol–water partition coefficient (Wildman–Crippen LogP) is 2.97. The van der Waals surface area contributed by atoms with Gasteiger partial charge in [-0.3, -0.25) is 9.20 Å². The van der Waals surface area contributed by atoms with Crippen LogP contribution < -0.4 is 15.0 Å². The van der Waals surface area contributed by atoms with Crippen LogP contribution in [0.3, 0.4) is 0 Å². The minimum atomic E-state index is -0.0700. The van der Waals surface area contributed by atoms with Gasteiger partial charge in [0, 0.05) is 30.9 Å². The van der Waals surface area contributed by atoms with Crippen molar-refractivity contribution in [2.75, 3.05) is 24.6 Å². The van der Waals surface area contributed by atoms with Crippen molar-refractivity contribution >= 4 is 17.5 Å². The van der Waals surface area contributed by atoms with Gasteiger partial charge in [0.15, 0.2) is 5.65 Å². The van der Waals surface area contributed by atoms with Gasteiger partial charge >= 0.3 is 0 Å². The quantitative estimate of drug-likeness (QED) is 0.697. The highest BCUT2D eigenvalue weighted by Crippen LogP contribution is 2.24. The van der Waals surface area contributed by atoms with Crippen LogP contribution in [0.5, 0.6) is 5.75 Å². The topological polar surface area (TPSA) is 71.8 Å². The molecule has 4 rings (SSSR count). The van der Waals surface area contributed by atoms with E-state index >= 15 is 0 Å². The van der Waals surface area contributed by atoms with Crippen molar-refractivity contribution in [3.8, 4) is 5.75 Å². The van der Waals surface area contributed by atoms with Crippen molar-refractivity contribution in [3.63, 3.8) is 0 Å². The third-order valence-corrected chi connectivity index (χ3v) is 5.41. The summed E-state index contributed by atoms with van der Waals surface area (Å²) >= 11 is 0. The fourth-order valence-electron chi connectivity index (χ4n) is 3.93. The summed E-state index contributed by atoms with van der Waals surface area (Å²) in [5, 5.41) is 11.8. The highest BCUT2D eigenvalue weighted by Gasteiger charge is 2.28. The molecule has 1 N–H and O–H groups in total. The number of carbonyl (C=O) groups excluding carboxylic acids is 1. The Balaban J connectivity index is 1.44. The normalized spacial score (nSPS) is 16.8. The van der Waals surface area contributed by atoms with E-state index in [1.54, 1.807) is 0 Å². The van der Waals surface area contributed by atoms with Gasteiger partial charge in [-0.1, -0.05) is 24.3 Å². The molecule has 0 saturated carbocycles. The van der Waals surface area contributed by atoms with Gasteiger partial charge in [-0.2, -0.15) is 0 Å². The van der Waals surface area contributed by atoms with Gasteiger partial charge in [-0.15, -0.1) is 10.2 Å². The largest absolute Gasteiger partial charge is 0.494 e. The lowest BCUT2D eigenvalue weighted by atomic mass is 9.97. The van der Waals surface area contributed by atoms with Gasteiger partial charge in [0.2, 0.25) is 11.9 Å². The molecule has 1 atom stereocenters. The summed E-state index contributed by atoms with van der Waals surface area (Å²) in [4.78, 5) is 15.0. The van der Waals surface area contributed by atoms with Crippen LogP contribution in [-0.2, 0) is 11.3 Å². The Morgan fingerprint density at radius 1 is 1.21 bits per heavy atom. The number of hydrogen-bond donors (Lipinski definition) is 1. The molecule has 1 aromatic carbocycles. The lowest BCUT2D eigenvalue weighted by molar-refractivity contribution is -0.125. The Labute approximate surface area is 170 Å². The molecule has 7 nitrogen and oxygen atoms in total. The number of ether oxygens (including phenoxy) is 1. The molecule has 29 heavy (non-hydrogen) atoms. The van der Waals surface area contributed by atoms with E-state index in [-0.39, 0.29) is 11.8 Å². The van der Waals surface area contributed by atoms with E-state index in [2.05, 4.69) is 24.8 Å². The van der Waals surface area contributed by atoms with Crippen molar-refractivity contribution in [1.82, 2.24) is 19.9 Å². The lowest BCUT2D eigenvalue weighted by Gasteiger charge is -2.32. The summed E-state index contributed by atoms with van der Waals surface area (Å²) in [5.41, 5.74) is 2.91. The Morgan fingerprint density at radius 3 is 2.93 bits per heavy atom. The van der Waals surface area contributed by atoms with Gasteiger partial charge in [-0.05, 0) is 44.9 Å². The Bertz CT molecular complexity index is 1000. The molecule has 0 radical (unpaired) electrons. The van der Waals surface area contributed by atoms with E-state index in [9.17, 15) is 4.79 Å². The molecular formula is C22H27N5O2. The minimum Gasteiger partial charge on any atom is -0.494 e. The van der Waals surface area contributed by atoms with Gasteiger partial charge in [0.05, 0.1) is 12.5 Å². The summed E-state index contributed by atoms with van der Waals surface area (Å²) in [6, 6.07) is 13.8. The number of aryl methyl sites for hydroxylation is 1. The molecule has 3 heterocycles. The minimum absolute atomic E-state index is 0.0700. The van der Waals surface area contributed by atoms with E-state index < -0.39 is 0 Å². The molecule has 0 unspecified atom stereocenters. The second kappa shape index (κ2) is 8.51. The number of fused-ring (bicyclic) bond motifs is 1. The summed E-state index contributed by atoms with van der Waals surface area (Å²) in [5.74, 6) is 1.65. The summed E-state index contributed by atoms with van der Waals surface area (Å²) in [7, 11) is 0.